The van der Waals surface area contributed by atoms with Gasteiger partial charge in [0, 0.05) is 19.0 Å². The minimum atomic E-state index is -0.198. The zero-order valence-corrected chi connectivity index (χ0v) is 9.22. The van der Waals surface area contributed by atoms with Crippen molar-refractivity contribution in [2.45, 2.75) is 31.9 Å². The molecule has 0 saturated carbocycles. The van der Waals surface area contributed by atoms with E-state index in [9.17, 15) is 4.79 Å². The van der Waals surface area contributed by atoms with Crippen molar-refractivity contribution in [3.05, 3.63) is 24.3 Å². The Hall–Kier alpha value is -1.49. The molecule has 1 aliphatic heterocycles. The first kappa shape index (κ1) is 11.0. The van der Waals surface area contributed by atoms with E-state index in [1.54, 1.807) is 6.20 Å². The Balaban J connectivity index is 1.92. The Bertz CT molecular complexity index is 350. The van der Waals surface area contributed by atoms with Gasteiger partial charge in [-0.15, -0.1) is 0 Å². The van der Waals surface area contributed by atoms with Crippen LogP contribution in [-0.4, -0.2) is 34.6 Å². The molecule has 5 heteroatoms. The molecule has 2 atom stereocenters. The highest BCUT2D eigenvalue weighted by Crippen LogP contribution is 2.15. The highest BCUT2D eigenvalue weighted by molar-refractivity contribution is 5.92. The van der Waals surface area contributed by atoms with Crippen LogP contribution in [0.15, 0.2) is 18.6 Å². The summed E-state index contributed by atoms with van der Waals surface area (Å²) in [7, 11) is 0. The van der Waals surface area contributed by atoms with Crippen LogP contribution in [-0.2, 0) is 4.74 Å². The minimum absolute atomic E-state index is 0.0111. The van der Waals surface area contributed by atoms with Gasteiger partial charge in [-0.2, -0.15) is 0 Å². The van der Waals surface area contributed by atoms with Gasteiger partial charge in [-0.1, -0.05) is 0 Å². The smallest absolute Gasteiger partial charge is 0.271 e. The lowest BCUT2D eigenvalue weighted by atomic mass is 10.1. The predicted molar refractivity (Wildman–Crippen MR) is 57.9 cm³/mol. The van der Waals surface area contributed by atoms with E-state index in [2.05, 4.69) is 15.3 Å². The third-order valence-corrected chi connectivity index (χ3v) is 2.68. The van der Waals surface area contributed by atoms with Gasteiger partial charge in [0.25, 0.3) is 5.91 Å². The van der Waals surface area contributed by atoms with Crippen LogP contribution in [0, 0.1) is 0 Å². The second kappa shape index (κ2) is 5.03. The van der Waals surface area contributed by atoms with Crippen molar-refractivity contribution in [2.24, 2.45) is 0 Å². The molecule has 0 radical (unpaired) electrons. The molecular formula is C11H15N3O2. The molecule has 86 valence electrons. The van der Waals surface area contributed by atoms with Gasteiger partial charge in [-0.3, -0.25) is 9.78 Å². The number of carbonyl (C=O) groups excluding carboxylic acids is 1. The number of hydrogen-bond donors (Lipinski definition) is 1. The molecule has 1 N–H and O–H groups in total. The third kappa shape index (κ3) is 2.55. The molecule has 0 aromatic carbocycles. The van der Waals surface area contributed by atoms with Crippen molar-refractivity contribution in [2.75, 3.05) is 6.61 Å². The molecule has 0 bridgehead atoms. The standard InChI is InChI=1S/C11H15N3O2/c1-8(10-3-2-6-16-10)14-11(15)9-7-12-4-5-13-9/h4-5,7-8,10H,2-3,6H2,1H3,(H,14,15)/t8-,10-/m1/s1. The number of rotatable bonds is 3. The first-order chi connectivity index (χ1) is 7.77. The second-order valence-electron chi connectivity index (χ2n) is 3.90. The van der Waals surface area contributed by atoms with Crippen molar-refractivity contribution in [1.29, 1.82) is 0 Å². The van der Waals surface area contributed by atoms with E-state index < -0.39 is 0 Å². The largest absolute Gasteiger partial charge is 0.376 e. The molecule has 1 saturated heterocycles. The summed E-state index contributed by atoms with van der Waals surface area (Å²) in [6.07, 6.45) is 6.70. The molecule has 1 aromatic heterocycles. The first-order valence-corrected chi connectivity index (χ1v) is 5.46. The molecule has 1 fully saturated rings. The van der Waals surface area contributed by atoms with E-state index in [1.165, 1.54) is 12.4 Å². The number of hydrogen-bond acceptors (Lipinski definition) is 4. The fourth-order valence-corrected chi connectivity index (χ4v) is 1.79. The maximum Gasteiger partial charge on any atom is 0.271 e. The van der Waals surface area contributed by atoms with E-state index in [1.807, 2.05) is 6.92 Å². The van der Waals surface area contributed by atoms with Gasteiger partial charge in [-0.05, 0) is 19.8 Å². The number of aromatic nitrogens is 2. The maximum absolute atomic E-state index is 11.7. The van der Waals surface area contributed by atoms with E-state index in [4.69, 9.17) is 4.74 Å². The van der Waals surface area contributed by atoms with Gasteiger partial charge in [0.1, 0.15) is 5.69 Å². The summed E-state index contributed by atoms with van der Waals surface area (Å²) in [5.74, 6) is -0.198. The van der Waals surface area contributed by atoms with Crippen LogP contribution >= 0.6 is 0 Å². The van der Waals surface area contributed by atoms with Gasteiger partial charge in [0.2, 0.25) is 0 Å². The molecule has 5 nitrogen and oxygen atoms in total. The van der Waals surface area contributed by atoms with Crippen LogP contribution in [0.25, 0.3) is 0 Å². The van der Waals surface area contributed by atoms with Crippen molar-refractivity contribution < 1.29 is 9.53 Å². The van der Waals surface area contributed by atoms with Crippen LogP contribution in [0.2, 0.25) is 0 Å². The molecule has 0 spiro atoms. The number of ether oxygens (including phenoxy) is 1. The Labute approximate surface area is 94.2 Å². The van der Waals surface area contributed by atoms with Crippen LogP contribution < -0.4 is 5.32 Å². The molecule has 0 unspecified atom stereocenters. The van der Waals surface area contributed by atoms with Gasteiger partial charge in [0.05, 0.1) is 18.3 Å². The number of carbonyl (C=O) groups is 1. The maximum atomic E-state index is 11.7. The highest BCUT2D eigenvalue weighted by atomic mass is 16.5. The van der Waals surface area contributed by atoms with Gasteiger partial charge >= 0.3 is 0 Å². The Morgan fingerprint density at radius 1 is 1.62 bits per heavy atom. The summed E-state index contributed by atoms with van der Waals surface area (Å²) >= 11 is 0. The normalized spacial score (nSPS) is 21.7. The minimum Gasteiger partial charge on any atom is -0.376 e. The quantitative estimate of drug-likeness (QED) is 0.819. The summed E-state index contributed by atoms with van der Waals surface area (Å²) in [6.45, 7) is 2.74. The van der Waals surface area contributed by atoms with Crippen LogP contribution in [0.1, 0.15) is 30.3 Å². The van der Waals surface area contributed by atoms with Crippen LogP contribution in [0.3, 0.4) is 0 Å². The van der Waals surface area contributed by atoms with Crippen molar-refractivity contribution in [3.63, 3.8) is 0 Å². The summed E-state index contributed by atoms with van der Waals surface area (Å²) in [6, 6.07) is 0.0111. The lowest BCUT2D eigenvalue weighted by Gasteiger charge is -2.19. The van der Waals surface area contributed by atoms with Crippen molar-refractivity contribution in [1.82, 2.24) is 15.3 Å². The van der Waals surface area contributed by atoms with Crippen molar-refractivity contribution in [3.8, 4) is 0 Å². The number of amides is 1. The van der Waals surface area contributed by atoms with E-state index in [-0.39, 0.29) is 18.1 Å². The summed E-state index contributed by atoms with van der Waals surface area (Å²) in [5.41, 5.74) is 0.340. The average Bonchev–Trinajstić information content (AvgIpc) is 2.83. The Morgan fingerprint density at radius 2 is 2.50 bits per heavy atom. The van der Waals surface area contributed by atoms with Gasteiger partial charge in [-0.25, -0.2) is 4.98 Å². The second-order valence-corrected chi connectivity index (χ2v) is 3.90. The average molecular weight is 221 g/mol. The summed E-state index contributed by atoms with van der Waals surface area (Å²) in [4.78, 5) is 19.5. The summed E-state index contributed by atoms with van der Waals surface area (Å²) in [5, 5.41) is 2.87. The molecule has 1 aromatic rings. The SMILES string of the molecule is C[C@@H](NC(=O)c1cnccn1)[C@H]1CCCO1. The van der Waals surface area contributed by atoms with E-state index in [0.717, 1.165) is 19.4 Å². The van der Waals surface area contributed by atoms with Gasteiger partial charge in [0.15, 0.2) is 0 Å². The Kier molecular flexibility index (Phi) is 3.46. The third-order valence-electron chi connectivity index (χ3n) is 2.68. The topological polar surface area (TPSA) is 64.1 Å². The molecule has 1 amide bonds. The zero-order valence-electron chi connectivity index (χ0n) is 9.22. The first-order valence-electron chi connectivity index (χ1n) is 5.46. The number of nitrogens with one attached hydrogen (secondary N) is 1. The Morgan fingerprint density at radius 3 is 3.12 bits per heavy atom. The van der Waals surface area contributed by atoms with Crippen molar-refractivity contribution >= 4 is 5.91 Å². The highest BCUT2D eigenvalue weighted by Gasteiger charge is 2.24. The van der Waals surface area contributed by atoms with E-state index >= 15 is 0 Å². The monoisotopic (exact) mass is 221 g/mol. The van der Waals surface area contributed by atoms with Gasteiger partial charge < -0.3 is 10.1 Å². The molecular weight excluding hydrogens is 206 g/mol. The predicted octanol–water partition coefficient (Wildman–Crippen LogP) is 0.774. The molecule has 1 aliphatic rings. The fraction of sp³-hybridized carbons (Fsp3) is 0.545. The molecule has 2 heterocycles. The zero-order chi connectivity index (χ0) is 11.4. The molecule has 16 heavy (non-hydrogen) atoms. The molecule has 2 rings (SSSR count). The van der Waals surface area contributed by atoms with Crippen LogP contribution in [0.5, 0.6) is 0 Å². The molecule has 0 aliphatic carbocycles. The summed E-state index contributed by atoms with van der Waals surface area (Å²) < 4.78 is 5.50. The fourth-order valence-electron chi connectivity index (χ4n) is 1.79. The van der Waals surface area contributed by atoms with Crippen LogP contribution in [0.4, 0.5) is 0 Å². The number of nitrogens with zero attached hydrogens (tertiary/aromatic N) is 2. The lowest BCUT2D eigenvalue weighted by Crippen LogP contribution is -2.41. The van der Waals surface area contributed by atoms with E-state index in [0.29, 0.717) is 5.69 Å². The lowest BCUT2D eigenvalue weighted by molar-refractivity contribution is 0.0709.